The molecule has 2 aliphatic heterocycles. The van der Waals surface area contributed by atoms with Crippen molar-refractivity contribution < 1.29 is 38.6 Å². The fourth-order valence-electron chi connectivity index (χ4n) is 3.55. The topological polar surface area (TPSA) is 138 Å². The summed E-state index contributed by atoms with van der Waals surface area (Å²) in [6.45, 7) is -0.701. The average molecular weight is 553 g/mol. The van der Waals surface area contributed by atoms with E-state index in [0.717, 1.165) is 22.2 Å². The highest BCUT2D eigenvalue weighted by Gasteiger charge is 2.37. The SMILES string of the molecule is O=C(O)CN1C(=O)S/C(=C\c2ccccc2OC(=O)CCCN2C(=O)S/C(=C\c3ccccc3)C2=O)C1=O. The summed E-state index contributed by atoms with van der Waals surface area (Å²) >= 11 is 1.44. The maximum Gasteiger partial charge on any atom is 0.323 e. The molecule has 2 aliphatic rings. The molecule has 2 aromatic carbocycles. The van der Waals surface area contributed by atoms with Crippen molar-refractivity contribution in [1.82, 2.24) is 9.80 Å². The molecule has 4 rings (SSSR count). The van der Waals surface area contributed by atoms with Gasteiger partial charge in [0, 0.05) is 18.5 Å². The number of para-hydroxylation sites is 1. The van der Waals surface area contributed by atoms with Gasteiger partial charge in [-0.3, -0.25) is 38.6 Å². The van der Waals surface area contributed by atoms with E-state index in [1.807, 2.05) is 30.3 Å². The molecule has 1 N–H and O–H groups in total. The summed E-state index contributed by atoms with van der Waals surface area (Å²) in [5, 5.41) is 7.78. The van der Waals surface area contributed by atoms with E-state index >= 15 is 0 Å². The van der Waals surface area contributed by atoms with Crippen LogP contribution in [0.4, 0.5) is 9.59 Å². The maximum atomic E-state index is 12.6. The highest BCUT2D eigenvalue weighted by atomic mass is 32.2. The normalized spacial score (nSPS) is 17.7. The zero-order valence-electron chi connectivity index (χ0n) is 19.7. The van der Waals surface area contributed by atoms with Crippen molar-refractivity contribution in [3.05, 3.63) is 75.5 Å². The second-order valence-electron chi connectivity index (χ2n) is 8.02. The van der Waals surface area contributed by atoms with E-state index in [9.17, 15) is 28.8 Å². The number of imide groups is 2. The van der Waals surface area contributed by atoms with E-state index in [0.29, 0.717) is 27.1 Å². The van der Waals surface area contributed by atoms with Crippen LogP contribution in [0.2, 0.25) is 0 Å². The molecule has 2 heterocycles. The number of thioether (sulfide) groups is 2. The fourth-order valence-corrected chi connectivity index (χ4v) is 5.25. The predicted octanol–water partition coefficient (Wildman–Crippen LogP) is 4.23. The number of rotatable bonds is 9. The van der Waals surface area contributed by atoms with Gasteiger partial charge in [0.2, 0.25) is 0 Å². The van der Waals surface area contributed by atoms with Gasteiger partial charge in [-0.05, 0) is 53.7 Å². The maximum absolute atomic E-state index is 12.6. The summed E-state index contributed by atoms with van der Waals surface area (Å²) in [7, 11) is 0. The first-order valence-corrected chi connectivity index (χ1v) is 12.9. The van der Waals surface area contributed by atoms with Gasteiger partial charge in [0.05, 0.1) is 9.81 Å². The molecule has 0 spiro atoms. The second kappa shape index (κ2) is 11.9. The number of hydrogen-bond donors (Lipinski definition) is 1. The van der Waals surface area contributed by atoms with Crippen LogP contribution in [0.3, 0.4) is 0 Å². The first kappa shape index (κ1) is 26.9. The van der Waals surface area contributed by atoms with Crippen LogP contribution in [-0.4, -0.2) is 62.2 Å². The highest BCUT2D eigenvalue weighted by Crippen LogP contribution is 2.34. The molecule has 0 aliphatic carbocycles. The summed E-state index contributed by atoms with van der Waals surface area (Å²) in [6, 6.07) is 15.5. The van der Waals surface area contributed by atoms with E-state index in [-0.39, 0.29) is 30.0 Å². The van der Waals surface area contributed by atoms with Crippen molar-refractivity contribution in [3.8, 4) is 5.75 Å². The molecule has 0 saturated carbocycles. The molecular formula is C26H20N2O8S2. The van der Waals surface area contributed by atoms with Gasteiger partial charge in [0.15, 0.2) is 0 Å². The molecule has 194 valence electrons. The lowest BCUT2D eigenvalue weighted by Gasteiger charge is -2.12. The monoisotopic (exact) mass is 552 g/mol. The van der Waals surface area contributed by atoms with Gasteiger partial charge in [-0.2, -0.15) is 0 Å². The van der Waals surface area contributed by atoms with Gasteiger partial charge >= 0.3 is 11.9 Å². The van der Waals surface area contributed by atoms with Gasteiger partial charge in [-0.15, -0.1) is 0 Å². The van der Waals surface area contributed by atoms with E-state index < -0.39 is 40.8 Å². The second-order valence-corrected chi connectivity index (χ2v) is 10.0. The van der Waals surface area contributed by atoms with Crippen LogP contribution in [0, 0.1) is 0 Å². The Hall–Kier alpha value is -4.16. The van der Waals surface area contributed by atoms with Crippen LogP contribution < -0.4 is 4.74 Å². The van der Waals surface area contributed by atoms with Crippen molar-refractivity contribution in [2.75, 3.05) is 13.1 Å². The molecule has 0 radical (unpaired) electrons. The highest BCUT2D eigenvalue weighted by molar-refractivity contribution is 8.18. The Morgan fingerprint density at radius 3 is 2.13 bits per heavy atom. The van der Waals surface area contributed by atoms with E-state index in [1.54, 1.807) is 24.3 Å². The van der Waals surface area contributed by atoms with Crippen LogP contribution >= 0.6 is 23.5 Å². The van der Waals surface area contributed by atoms with Crippen molar-refractivity contribution in [3.63, 3.8) is 0 Å². The Morgan fingerprint density at radius 1 is 0.816 bits per heavy atom. The molecular weight excluding hydrogens is 532 g/mol. The predicted molar refractivity (Wildman–Crippen MR) is 141 cm³/mol. The molecule has 38 heavy (non-hydrogen) atoms. The van der Waals surface area contributed by atoms with Crippen LogP contribution in [0.5, 0.6) is 5.75 Å². The molecule has 12 heteroatoms. The van der Waals surface area contributed by atoms with Gasteiger partial charge in [-0.25, -0.2) is 0 Å². The van der Waals surface area contributed by atoms with Crippen LogP contribution in [-0.2, 0) is 19.2 Å². The summed E-state index contributed by atoms with van der Waals surface area (Å²) in [5.74, 6) is -2.96. The largest absolute Gasteiger partial charge is 0.480 e. The summed E-state index contributed by atoms with van der Waals surface area (Å²) < 4.78 is 5.43. The standard InChI is InChI=1S/C26H20N2O8S2/c29-21(30)15-28-24(33)20(38-26(28)35)14-17-9-4-5-10-18(17)36-22(31)11-6-12-27-23(32)19(37-25(27)34)13-16-7-2-1-3-8-16/h1-5,7-10,13-14H,6,11-12,15H2,(H,29,30)/b19-13-,20-14-. The lowest BCUT2D eigenvalue weighted by Crippen LogP contribution is -2.33. The third kappa shape index (κ3) is 6.39. The quantitative estimate of drug-likeness (QED) is 0.273. The van der Waals surface area contributed by atoms with Crippen LogP contribution in [0.15, 0.2) is 64.4 Å². The molecule has 4 amide bonds. The molecule has 10 nitrogen and oxygen atoms in total. The Bertz CT molecular complexity index is 1390. The van der Waals surface area contributed by atoms with Gasteiger partial charge < -0.3 is 9.84 Å². The Morgan fingerprint density at radius 2 is 1.42 bits per heavy atom. The van der Waals surface area contributed by atoms with Gasteiger partial charge in [0.1, 0.15) is 12.3 Å². The van der Waals surface area contributed by atoms with Crippen molar-refractivity contribution in [1.29, 1.82) is 0 Å². The first-order chi connectivity index (χ1) is 18.2. The number of esters is 1. The molecule has 0 aromatic heterocycles. The van der Waals surface area contributed by atoms with Crippen molar-refractivity contribution in [2.24, 2.45) is 0 Å². The minimum Gasteiger partial charge on any atom is -0.480 e. The molecule has 2 aromatic rings. The molecule has 0 unspecified atom stereocenters. The van der Waals surface area contributed by atoms with Crippen LogP contribution in [0.1, 0.15) is 24.0 Å². The number of aliphatic carboxylic acids is 1. The number of ether oxygens (including phenoxy) is 1. The molecule has 2 saturated heterocycles. The number of benzene rings is 2. The third-order valence-electron chi connectivity index (χ3n) is 5.33. The zero-order chi connectivity index (χ0) is 27.2. The number of carboxylic acids is 1. The number of nitrogens with zero attached hydrogens (tertiary/aromatic N) is 2. The summed E-state index contributed by atoms with van der Waals surface area (Å²) in [5.41, 5.74) is 1.14. The van der Waals surface area contributed by atoms with Crippen molar-refractivity contribution in [2.45, 2.75) is 12.8 Å². The number of amides is 4. The van der Waals surface area contributed by atoms with Gasteiger partial charge in [-0.1, -0.05) is 48.5 Å². The number of hydrogen-bond acceptors (Lipinski definition) is 9. The van der Waals surface area contributed by atoms with Crippen LogP contribution in [0.25, 0.3) is 12.2 Å². The lowest BCUT2D eigenvalue weighted by atomic mass is 10.2. The minimum absolute atomic E-state index is 0.00247. The molecule has 0 atom stereocenters. The van der Waals surface area contributed by atoms with E-state index in [2.05, 4.69) is 0 Å². The van der Waals surface area contributed by atoms with E-state index in [4.69, 9.17) is 9.84 Å². The molecule has 2 fully saturated rings. The minimum atomic E-state index is -1.32. The molecule has 0 bridgehead atoms. The zero-order valence-corrected chi connectivity index (χ0v) is 21.3. The first-order valence-electron chi connectivity index (χ1n) is 11.3. The number of carboxylic acid groups (broad SMARTS) is 1. The van der Waals surface area contributed by atoms with Crippen molar-refractivity contribution >= 4 is 69.9 Å². The lowest BCUT2D eigenvalue weighted by molar-refractivity contribution is -0.140. The Kier molecular flexibility index (Phi) is 8.44. The number of carbonyl (C=O) groups is 6. The smallest absolute Gasteiger partial charge is 0.323 e. The third-order valence-corrected chi connectivity index (χ3v) is 7.14. The average Bonchev–Trinajstić information content (AvgIpc) is 3.29. The number of carbonyl (C=O) groups excluding carboxylic acids is 5. The Balaban J connectivity index is 1.35. The van der Waals surface area contributed by atoms with E-state index in [1.165, 1.54) is 12.1 Å². The fraction of sp³-hybridized carbons (Fsp3) is 0.154. The summed E-state index contributed by atoms with van der Waals surface area (Å²) in [6.07, 6.45) is 3.11. The van der Waals surface area contributed by atoms with Gasteiger partial charge in [0.25, 0.3) is 22.3 Å². The Labute approximate surface area is 225 Å². The summed E-state index contributed by atoms with van der Waals surface area (Å²) in [4.78, 5) is 74.8.